The summed E-state index contributed by atoms with van der Waals surface area (Å²) in [5.74, 6) is 0.0996. The van der Waals surface area contributed by atoms with Crippen molar-refractivity contribution in [3.05, 3.63) is 41.5 Å². The van der Waals surface area contributed by atoms with E-state index in [1.54, 1.807) is 0 Å². The van der Waals surface area contributed by atoms with Gasteiger partial charge in [-0.25, -0.2) is 0 Å². The molecule has 0 unspecified atom stereocenters. The second-order valence-corrected chi connectivity index (χ2v) is 3.87. The van der Waals surface area contributed by atoms with E-state index in [1.165, 1.54) is 12.1 Å². The van der Waals surface area contributed by atoms with Crippen LogP contribution in [0.3, 0.4) is 0 Å². The molecule has 0 radical (unpaired) electrons. The Kier molecular flexibility index (Phi) is 4.38. The number of nitrogens with zero attached hydrogens (tertiary/aromatic N) is 1. The van der Waals surface area contributed by atoms with Crippen molar-refractivity contribution in [2.24, 2.45) is 0 Å². The van der Waals surface area contributed by atoms with E-state index in [0.717, 1.165) is 17.7 Å². The fourth-order valence-corrected chi connectivity index (χ4v) is 1.29. The van der Waals surface area contributed by atoms with Gasteiger partial charge in [-0.3, -0.25) is 0 Å². The molecule has 1 aromatic carbocycles. The van der Waals surface area contributed by atoms with Gasteiger partial charge in [0, 0.05) is 6.42 Å². The van der Waals surface area contributed by atoms with Gasteiger partial charge in [0.25, 0.3) is 0 Å². The molecule has 5 heteroatoms. The van der Waals surface area contributed by atoms with Gasteiger partial charge in [-0.2, -0.15) is 18.4 Å². The first-order valence-electron chi connectivity index (χ1n) is 5.23. The Labute approximate surface area is 103 Å². The Hall–Kier alpha value is -1.96. The van der Waals surface area contributed by atoms with Crippen LogP contribution < -0.4 is 4.74 Å². The molecule has 0 spiro atoms. The standard InChI is InChI=1S/C13H12F3NO/c1-9(2)5-6-18-11-4-3-10(8-17)12(7-11)13(14,15)16/h3-4,7H,1,5-6H2,2H3. The van der Waals surface area contributed by atoms with Gasteiger partial charge >= 0.3 is 6.18 Å². The predicted molar refractivity (Wildman–Crippen MR) is 61.1 cm³/mol. The zero-order valence-electron chi connectivity index (χ0n) is 9.84. The number of hydrogen-bond acceptors (Lipinski definition) is 2. The first-order chi connectivity index (χ1) is 8.34. The lowest BCUT2D eigenvalue weighted by molar-refractivity contribution is -0.137. The Morgan fingerprint density at radius 2 is 2.11 bits per heavy atom. The van der Waals surface area contributed by atoms with Crippen molar-refractivity contribution in [3.8, 4) is 11.8 Å². The van der Waals surface area contributed by atoms with E-state index in [1.807, 2.05) is 6.92 Å². The first-order valence-corrected chi connectivity index (χ1v) is 5.23. The molecule has 0 heterocycles. The van der Waals surface area contributed by atoms with Crippen molar-refractivity contribution in [2.45, 2.75) is 19.5 Å². The summed E-state index contributed by atoms with van der Waals surface area (Å²) in [6.45, 7) is 5.74. The molecule has 0 bridgehead atoms. The van der Waals surface area contributed by atoms with E-state index >= 15 is 0 Å². The number of benzene rings is 1. The quantitative estimate of drug-likeness (QED) is 0.764. The minimum absolute atomic E-state index is 0.0996. The second-order valence-electron chi connectivity index (χ2n) is 3.87. The van der Waals surface area contributed by atoms with E-state index in [2.05, 4.69) is 6.58 Å². The van der Waals surface area contributed by atoms with Crippen LogP contribution in [0.15, 0.2) is 30.4 Å². The molecule has 18 heavy (non-hydrogen) atoms. The van der Waals surface area contributed by atoms with Crippen molar-refractivity contribution >= 4 is 0 Å². The molecule has 1 rings (SSSR count). The maximum atomic E-state index is 12.6. The molecular formula is C13H12F3NO. The normalized spacial score (nSPS) is 10.8. The Morgan fingerprint density at radius 1 is 1.44 bits per heavy atom. The van der Waals surface area contributed by atoms with E-state index in [9.17, 15) is 13.2 Å². The summed E-state index contributed by atoms with van der Waals surface area (Å²) in [6.07, 6.45) is -3.99. The molecule has 96 valence electrons. The van der Waals surface area contributed by atoms with Gasteiger partial charge in [-0.15, -0.1) is 6.58 Å². The highest BCUT2D eigenvalue weighted by Crippen LogP contribution is 2.34. The Bertz CT molecular complexity index is 486. The van der Waals surface area contributed by atoms with Crippen molar-refractivity contribution in [1.29, 1.82) is 5.26 Å². The lowest BCUT2D eigenvalue weighted by atomic mass is 10.1. The van der Waals surface area contributed by atoms with Crippen LogP contribution >= 0.6 is 0 Å². The van der Waals surface area contributed by atoms with Gasteiger partial charge in [0.15, 0.2) is 0 Å². The Balaban J connectivity index is 2.91. The highest BCUT2D eigenvalue weighted by atomic mass is 19.4. The molecule has 0 saturated carbocycles. The molecule has 0 aliphatic carbocycles. The summed E-state index contributed by atoms with van der Waals surface area (Å²) in [4.78, 5) is 0. The number of ether oxygens (including phenoxy) is 1. The van der Waals surface area contributed by atoms with Gasteiger partial charge in [0.05, 0.1) is 23.8 Å². The zero-order chi connectivity index (χ0) is 13.8. The molecule has 0 aliphatic heterocycles. The molecule has 0 N–H and O–H groups in total. The number of nitriles is 1. The summed E-state index contributed by atoms with van der Waals surface area (Å²) < 4.78 is 43.1. The highest BCUT2D eigenvalue weighted by molar-refractivity contribution is 5.44. The van der Waals surface area contributed by atoms with Crippen LogP contribution in [-0.4, -0.2) is 6.61 Å². The summed E-state index contributed by atoms with van der Waals surface area (Å²) in [7, 11) is 0. The fraction of sp³-hybridized carbons (Fsp3) is 0.308. The molecule has 0 aliphatic rings. The van der Waals surface area contributed by atoms with Crippen LogP contribution in [0.25, 0.3) is 0 Å². The SMILES string of the molecule is C=C(C)CCOc1ccc(C#N)c(C(F)(F)F)c1. The Morgan fingerprint density at radius 3 is 2.61 bits per heavy atom. The van der Waals surface area contributed by atoms with Crippen LogP contribution in [0.1, 0.15) is 24.5 Å². The molecule has 1 aromatic rings. The van der Waals surface area contributed by atoms with Gasteiger partial charge in [-0.1, -0.05) is 5.57 Å². The lowest BCUT2D eigenvalue weighted by Gasteiger charge is -2.11. The van der Waals surface area contributed by atoms with Crippen LogP contribution in [0.5, 0.6) is 5.75 Å². The third kappa shape index (κ3) is 3.81. The van der Waals surface area contributed by atoms with Crippen molar-refractivity contribution < 1.29 is 17.9 Å². The summed E-state index contributed by atoms with van der Waals surface area (Å²) in [5.41, 5.74) is -0.493. The summed E-state index contributed by atoms with van der Waals surface area (Å²) in [6, 6.07) is 4.82. The molecular weight excluding hydrogens is 243 g/mol. The third-order valence-corrected chi connectivity index (χ3v) is 2.21. The van der Waals surface area contributed by atoms with E-state index in [-0.39, 0.29) is 12.4 Å². The highest BCUT2D eigenvalue weighted by Gasteiger charge is 2.34. The van der Waals surface area contributed by atoms with Gasteiger partial charge < -0.3 is 4.74 Å². The smallest absolute Gasteiger partial charge is 0.417 e. The molecule has 0 saturated heterocycles. The number of hydrogen-bond donors (Lipinski definition) is 0. The van der Waals surface area contributed by atoms with Crippen LogP contribution in [0, 0.1) is 11.3 Å². The van der Waals surface area contributed by atoms with Crippen molar-refractivity contribution in [3.63, 3.8) is 0 Å². The zero-order valence-corrected chi connectivity index (χ0v) is 9.84. The molecule has 0 fully saturated rings. The number of rotatable bonds is 4. The first kappa shape index (κ1) is 14.1. The maximum absolute atomic E-state index is 12.6. The van der Waals surface area contributed by atoms with Crippen LogP contribution in [0.2, 0.25) is 0 Å². The molecule has 0 aromatic heterocycles. The maximum Gasteiger partial charge on any atom is 0.417 e. The average molecular weight is 255 g/mol. The van der Waals surface area contributed by atoms with Gasteiger partial charge in [0.2, 0.25) is 0 Å². The van der Waals surface area contributed by atoms with Crippen LogP contribution in [0.4, 0.5) is 13.2 Å². The van der Waals surface area contributed by atoms with Gasteiger partial charge in [0.1, 0.15) is 5.75 Å². The third-order valence-electron chi connectivity index (χ3n) is 2.21. The topological polar surface area (TPSA) is 33.0 Å². The largest absolute Gasteiger partial charge is 0.493 e. The van der Waals surface area contributed by atoms with E-state index in [4.69, 9.17) is 10.00 Å². The average Bonchev–Trinajstić information content (AvgIpc) is 2.27. The monoisotopic (exact) mass is 255 g/mol. The second kappa shape index (κ2) is 5.58. The summed E-state index contributed by atoms with van der Waals surface area (Å²) in [5, 5.41) is 8.62. The van der Waals surface area contributed by atoms with E-state index in [0.29, 0.717) is 6.42 Å². The van der Waals surface area contributed by atoms with Gasteiger partial charge in [-0.05, 0) is 25.1 Å². The molecule has 0 atom stereocenters. The number of halogens is 3. The van der Waals surface area contributed by atoms with Crippen LogP contribution in [-0.2, 0) is 6.18 Å². The minimum Gasteiger partial charge on any atom is -0.493 e. The molecule has 2 nitrogen and oxygen atoms in total. The van der Waals surface area contributed by atoms with Crippen molar-refractivity contribution in [1.82, 2.24) is 0 Å². The fourth-order valence-electron chi connectivity index (χ4n) is 1.29. The lowest BCUT2D eigenvalue weighted by Crippen LogP contribution is -2.08. The minimum atomic E-state index is -4.56. The van der Waals surface area contributed by atoms with Crippen molar-refractivity contribution in [2.75, 3.05) is 6.61 Å². The molecule has 0 amide bonds. The predicted octanol–water partition coefficient (Wildman–Crippen LogP) is 3.92. The van der Waals surface area contributed by atoms with E-state index < -0.39 is 17.3 Å². The summed E-state index contributed by atoms with van der Waals surface area (Å²) >= 11 is 0. The number of alkyl halides is 3.